The molecule has 1 heterocycles. The van der Waals surface area contributed by atoms with Crippen LogP contribution in [0.1, 0.15) is 12.0 Å². The minimum Gasteiger partial charge on any atom is -0.398 e. The summed E-state index contributed by atoms with van der Waals surface area (Å²) in [7, 11) is 0. The average Bonchev–Trinajstić information content (AvgIpc) is 1.96. The summed E-state index contributed by atoms with van der Waals surface area (Å²) >= 11 is 1.36. The summed E-state index contributed by atoms with van der Waals surface area (Å²) in [6.07, 6.45) is -7.84. The molecule has 16 heavy (non-hydrogen) atoms. The van der Waals surface area contributed by atoms with Crippen molar-refractivity contribution in [3.63, 3.8) is 0 Å². The van der Waals surface area contributed by atoms with E-state index < -0.39 is 29.9 Å². The maximum absolute atomic E-state index is 12.4. The van der Waals surface area contributed by atoms with Crippen LogP contribution < -0.4 is 10.5 Å². The molecule has 0 amide bonds. The molecule has 3 nitrogen and oxygen atoms in total. The Hall–Kier alpha value is -0.870. The Labute approximate surface area is 99.9 Å². The van der Waals surface area contributed by atoms with Crippen molar-refractivity contribution in [2.75, 3.05) is 5.73 Å². The monoisotopic (exact) mass is 354 g/mol. The lowest BCUT2D eigenvalue weighted by Gasteiger charge is -2.11. The highest BCUT2D eigenvalue weighted by Gasteiger charge is 2.32. The Kier molecular flexibility index (Phi) is 3.76. The number of alkyl halides is 5. The van der Waals surface area contributed by atoms with Gasteiger partial charge in [-0.3, -0.25) is 0 Å². The van der Waals surface area contributed by atoms with Gasteiger partial charge in [-0.05, 0) is 22.6 Å². The highest BCUT2D eigenvalue weighted by molar-refractivity contribution is 14.1. The molecular formula is C7H4F5IN2O. The minimum atomic E-state index is -4.94. The first kappa shape index (κ1) is 13.2. The standard InChI is InChI=1S/C7H4F5IN2O/c8-5(9)4-2(14)1-3(15-6(4)13)16-7(10,11)12/h1,5H,(H2,14,15). The van der Waals surface area contributed by atoms with Crippen LogP contribution in [0.15, 0.2) is 6.07 Å². The van der Waals surface area contributed by atoms with Crippen LogP contribution in [0.4, 0.5) is 27.6 Å². The number of pyridine rings is 1. The molecule has 0 saturated heterocycles. The van der Waals surface area contributed by atoms with Crippen LogP contribution in [0, 0.1) is 3.70 Å². The van der Waals surface area contributed by atoms with Gasteiger partial charge in [-0.2, -0.15) is 0 Å². The topological polar surface area (TPSA) is 48.1 Å². The largest absolute Gasteiger partial charge is 0.574 e. The molecule has 0 atom stereocenters. The third-order valence-corrected chi connectivity index (χ3v) is 2.28. The van der Waals surface area contributed by atoms with Crippen molar-refractivity contribution in [3.8, 4) is 5.88 Å². The zero-order valence-corrected chi connectivity index (χ0v) is 9.51. The third-order valence-electron chi connectivity index (χ3n) is 1.46. The SMILES string of the molecule is Nc1cc(OC(F)(F)F)nc(I)c1C(F)F. The molecule has 9 heteroatoms. The van der Waals surface area contributed by atoms with E-state index in [1.807, 2.05) is 0 Å². The van der Waals surface area contributed by atoms with Gasteiger partial charge < -0.3 is 10.5 Å². The molecule has 90 valence electrons. The average molecular weight is 354 g/mol. The quantitative estimate of drug-likeness (QED) is 0.505. The highest BCUT2D eigenvalue weighted by Crippen LogP contribution is 2.32. The molecule has 0 aromatic carbocycles. The molecule has 0 aliphatic carbocycles. The Morgan fingerprint density at radius 1 is 1.38 bits per heavy atom. The first-order valence-electron chi connectivity index (χ1n) is 3.70. The summed E-state index contributed by atoms with van der Waals surface area (Å²) in [6.45, 7) is 0. The Balaban J connectivity index is 3.10. The van der Waals surface area contributed by atoms with Gasteiger partial charge in [0.1, 0.15) is 3.70 Å². The van der Waals surface area contributed by atoms with E-state index >= 15 is 0 Å². The number of rotatable bonds is 2. The van der Waals surface area contributed by atoms with Gasteiger partial charge in [-0.1, -0.05) is 0 Å². The van der Waals surface area contributed by atoms with Crippen molar-refractivity contribution in [2.45, 2.75) is 12.8 Å². The number of nitrogens with two attached hydrogens (primary N) is 1. The van der Waals surface area contributed by atoms with Crippen molar-refractivity contribution < 1.29 is 26.7 Å². The second kappa shape index (κ2) is 4.55. The number of hydrogen-bond donors (Lipinski definition) is 1. The van der Waals surface area contributed by atoms with Crippen molar-refractivity contribution in [1.82, 2.24) is 4.98 Å². The van der Waals surface area contributed by atoms with Gasteiger partial charge in [0.2, 0.25) is 5.88 Å². The smallest absolute Gasteiger partial charge is 0.398 e. The molecule has 1 aromatic rings. The molecule has 0 spiro atoms. The van der Waals surface area contributed by atoms with Crippen molar-refractivity contribution in [1.29, 1.82) is 0 Å². The van der Waals surface area contributed by atoms with E-state index in [1.165, 1.54) is 22.6 Å². The fraction of sp³-hybridized carbons (Fsp3) is 0.286. The maximum atomic E-state index is 12.4. The molecule has 0 aliphatic rings. The molecule has 0 fully saturated rings. The Morgan fingerprint density at radius 2 is 1.94 bits per heavy atom. The van der Waals surface area contributed by atoms with E-state index in [0.29, 0.717) is 6.07 Å². The van der Waals surface area contributed by atoms with Gasteiger partial charge >= 0.3 is 6.36 Å². The summed E-state index contributed by atoms with van der Waals surface area (Å²) in [5.74, 6) is -0.862. The first-order valence-corrected chi connectivity index (χ1v) is 4.78. The predicted molar refractivity (Wildman–Crippen MR) is 53.0 cm³/mol. The van der Waals surface area contributed by atoms with Crippen LogP contribution in [0.25, 0.3) is 0 Å². The van der Waals surface area contributed by atoms with E-state index in [1.54, 1.807) is 0 Å². The first-order chi connectivity index (χ1) is 7.20. The molecule has 0 saturated carbocycles. The second-order valence-corrected chi connectivity index (χ2v) is 3.62. The van der Waals surface area contributed by atoms with Crippen molar-refractivity contribution in [3.05, 3.63) is 15.3 Å². The highest BCUT2D eigenvalue weighted by atomic mass is 127. The van der Waals surface area contributed by atoms with Crippen LogP contribution in [-0.2, 0) is 0 Å². The van der Waals surface area contributed by atoms with Crippen LogP contribution in [0.2, 0.25) is 0 Å². The van der Waals surface area contributed by atoms with Gasteiger partial charge in [0.15, 0.2) is 0 Å². The van der Waals surface area contributed by atoms with E-state index in [2.05, 4.69) is 9.72 Å². The van der Waals surface area contributed by atoms with Crippen LogP contribution in [0.5, 0.6) is 5.88 Å². The summed E-state index contributed by atoms with van der Waals surface area (Å²) in [6, 6.07) is 0.608. The second-order valence-electron chi connectivity index (χ2n) is 2.60. The van der Waals surface area contributed by atoms with E-state index in [9.17, 15) is 22.0 Å². The van der Waals surface area contributed by atoms with Gasteiger partial charge in [0, 0.05) is 11.8 Å². The van der Waals surface area contributed by atoms with Gasteiger partial charge in [0.05, 0.1) is 5.56 Å². The lowest BCUT2D eigenvalue weighted by molar-refractivity contribution is -0.276. The number of anilines is 1. The number of halogens is 6. The van der Waals surface area contributed by atoms with E-state index in [0.717, 1.165) is 0 Å². The van der Waals surface area contributed by atoms with Crippen LogP contribution >= 0.6 is 22.6 Å². The summed E-state index contributed by atoms with van der Waals surface area (Å²) < 4.78 is 63.3. The summed E-state index contributed by atoms with van der Waals surface area (Å²) in [4.78, 5) is 3.23. The van der Waals surface area contributed by atoms with E-state index in [4.69, 9.17) is 5.73 Å². The Bertz CT molecular complexity index is 372. The third kappa shape index (κ3) is 3.32. The lowest BCUT2D eigenvalue weighted by Crippen LogP contribution is -2.18. The molecule has 0 radical (unpaired) electrons. The fourth-order valence-electron chi connectivity index (χ4n) is 0.906. The molecule has 1 rings (SSSR count). The number of nitrogen functional groups attached to an aromatic ring is 1. The maximum Gasteiger partial charge on any atom is 0.574 e. The van der Waals surface area contributed by atoms with E-state index in [-0.39, 0.29) is 3.70 Å². The molecule has 2 N–H and O–H groups in total. The molecule has 1 aromatic heterocycles. The number of hydrogen-bond acceptors (Lipinski definition) is 3. The number of aromatic nitrogens is 1. The zero-order chi connectivity index (χ0) is 12.5. The predicted octanol–water partition coefficient (Wildman–Crippen LogP) is 3.10. The molecule has 0 unspecified atom stereocenters. The van der Waals surface area contributed by atoms with Crippen molar-refractivity contribution >= 4 is 28.3 Å². The summed E-state index contributed by atoms with van der Waals surface area (Å²) in [5, 5.41) is 0. The fourth-order valence-corrected chi connectivity index (χ4v) is 1.69. The molecule has 0 bridgehead atoms. The number of ether oxygens (including phenoxy) is 1. The van der Waals surface area contributed by atoms with Crippen LogP contribution in [-0.4, -0.2) is 11.3 Å². The normalized spacial score (nSPS) is 11.9. The zero-order valence-electron chi connectivity index (χ0n) is 7.36. The number of nitrogens with zero attached hydrogens (tertiary/aromatic N) is 1. The van der Waals surface area contributed by atoms with Gasteiger partial charge in [-0.15, -0.1) is 13.2 Å². The minimum absolute atomic E-state index is 0.327. The Morgan fingerprint density at radius 3 is 2.31 bits per heavy atom. The van der Waals surface area contributed by atoms with Crippen LogP contribution in [0.3, 0.4) is 0 Å². The molecule has 0 aliphatic heterocycles. The summed E-state index contributed by atoms with van der Waals surface area (Å²) in [5.41, 5.74) is 4.08. The van der Waals surface area contributed by atoms with Crippen molar-refractivity contribution in [2.24, 2.45) is 0 Å². The van der Waals surface area contributed by atoms with Gasteiger partial charge in [0.25, 0.3) is 6.43 Å². The molecular weight excluding hydrogens is 350 g/mol. The van der Waals surface area contributed by atoms with Gasteiger partial charge in [-0.25, -0.2) is 13.8 Å². The lowest BCUT2D eigenvalue weighted by atomic mass is 10.2.